The van der Waals surface area contributed by atoms with Gasteiger partial charge in [-0.05, 0) is 41.6 Å². The molecular weight excluding hydrogens is 261 g/mol. The van der Waals surface area contributed by atoms with E-state index in [1.165, 1.54) is 9.26 Å². The first-order chi connectivity index (χ1) is 5.41. The van der Waals surface area contributed by atoms with E-state index in [2.05, 4.69) is 60.5 Å². The highest BCUT2D eigenvalue weighted by Gasteiger charge is 2.18. The first kappa shape index (κ1) is 9.96. The number of pyridine rings is 1. The maximum Gasteiger partial charge on any atom is 0.0593 e. The van der Waals surface area contributed by atoms with E-state index in [9.17, 15) is 0 Å². The number of aromatic nitrogens is 1. The minimum Gasteiger partial charge on any atom is -0.257 e. The lowest BCUT2D eigenvalue weighted by Gasteiger charge is -2.19. The molecule has 0 amide bonds. The Morgan fingerprint density at radius 1 is 1.25 bits per heavy atom. The highest BCUT2D eigenvalue weighted by atomic mass is 127. The third-order valence-electron chi connectivity index (χ3n) is 1.70. The molecule has 0 aromatic carbocycles. The molecule has 2 heteroatoms. The monoisotopic (exact) mass is 275 g/mol. The summed E-state index contributed by atoms with van der Waals surface area (Å²) in [5.41, 5.74) is 2.45. The van der Waals surface area contributed by atoms with Crippen molar-refractivity contribution in [2.24, 2.45) is 0 Å². The number of nitrogens with zero attached hydrogens (tertiary/aromatic N) is 1. The normalized spacial score (nSPS) is 11.8. The molecule has 0 saturated heterocycles. The molecule has 1 aromatic heterocycles. The summed E-state index contributed by atoms with van der Waals surface area (Å²) in [5, 5.41) is 0. The summed E-state index contributed by atoms with van der Waals surface area (Å²) in [6.07, 6.45) is 0. The fourth-order valence-electron chi connectivity index (χ4n) is 1.07. The van der Waals surface area contributed by atoms with Gasteiger partial charge in [0, 0.05) is 14.7 Å². The predicted octanol–water partition coefficient (Wildman–Crippen LogP) is 3.29. The van der Waals surface area contributed by atoms with Gasteiger partial charge in [0.25, 0.3) is 0 Å². The Morgan fingerprint density at radius 2 is 1.83 bits per heavy atom. The van der Waals surface area contributed by atoms with E-state index in [-0.39, 0.29) is 5.41 Å². The van der Waals surface area contributed by atoms with Crippen molar-refractivity contribution in [2.75, 3.05) is 0 Å². The van der Waals surface area contributed by atoms with E-state index in [0.717, 1.165) is 5.69 Å². The van der Waals surface area contributed by atoms with E-state index >= 15 is 0 Å². The molecule has 0 radical (unpaired) electrons. The molecule has 0 aliphatic rings. The maximum absolute atomic E-state index is 4.54. The van der Waals surface area contributed by atoms with Crippen LogP contribution < -0.4 is 0 Å². The minimum atomic E-state index is 0.155. The van der Waals surface area contributed by atoms with E-state index in [1.54, 1.807) is 0 Å². The van der Waals surface area contributed by atoms with Gasteiger partial charge >= 0.3 is 0 Å². The van der Waals surface area contributed by atoms with Crippen LogP contribution in [-0.2, 0) is 5.41 Å². The molecule has 0 fully saturated rings. The Labute approximate surface area is 87.7 Å². The van der Waals surface area contributed by atoms with Gasteiger partial charge in [0.05, 0.1) is 5.69 Å². The van der Waals surface area contributed by atoms with Crippen molar-refractivity contribution >= 4 is 22.6 Å². The summed E-state index contributed by atoms with van der Waals surface area (Å²) in [7, 11) is 0. The summed E-state index contributed by atoms with van der Waals surface area (Å²) >= 11 is 2.34. The van der Waals surface area contributed by atoms with E-state index < -0.39 is 0 Å². The van der Waals surface area contributed by atoms with Crippen LogP contribution in [0.5, 0.6) is 0 Å². The van der Waals surface area contributed by atoms with Crippen LogP contribution in [0, 0.1) is 10.5 Å². The highest BCUT2D eigenvalue weighted by Crippen LogP contribution is 2.24. The van der Waals surface area contributed by atoms with Gasteiger partial charge in [0.15, 0.2) is 0 Å². The lowest BCUT2D eigenvalue weighted by Crippen LogP contribution is -2.15. The lowest BCUT2D eigenvalue weighted by molar-refractivity contribution is 0.563. The largest absolute Gasteiger partial charge is 0.257 e. The zero-order valence-corrected chi connectivity index (χ0v) is 10.1. The molecule has 0 saturated carbocycles. The second-order valence-corrected chi connectivity index (χ2v) is 5.20. The lowest BCUT2D eigenvalue weighted by atomic mass is 9.91. The van der Waals surface area contributed by atoms with Crippen LogP contribution in [0.25, 0.3) is 0 Å². The molecule has 66 valence electrons. The third kappa shape index (κ3) is 2.19. The molecule has 12 heavy (non-hydrogen) atoms. The minimum absolute atomic E-state index is 0.155. The van der Waals surface area contributed by atoms with Crippen molar-refractivity contribution in [1.29, 1.82) is 0 Å². The summed E-state index contributed by atoms with van der Waals surface area (Å²) in [6.45, 7) is 8.61. The van der Waals surface area contributed by atoms with E-state index in [4.69, 9.17) is 0 Å². The zero-order valence-electron chi connectivity index (χ0n) is 7.98. The van der Waals surface area contributed by atoms with Crippen LogP contribution in [0.4, 0.5) is 0 Å². The van der Waals surface area contributed by atoms with Crippen LogP contribution >= 0.6 is 22.6 Å². The van der Waals surface area contributed by atoms with Crippen molar-refractivity contribution in [3.8, 4) is 0 Å². The van der Waals surface area contributed by atoms with Crippen LogP contribution in [0.1, 0.15) is 32.2 Å². The average Bonchev–Trinajstić information content (AvgIpc) is 1.92. The molecule has 1 nitrogen and oxygen atoms in total. The number of hydrogen-bond donors (Lipinski definition) is 0. The van der Waals surface area contributed by atoms with Crippen molar-refractivity contribution in [2.45, 2.75) is 33.1 Å². The molecule has 1 heterocycles. The molecule has 0 unspecified atom stereocenters. The number of halogens is 1. The fourth-order valence-corrected chi connectivity index (χ4v) is 2.18. The van der Waals surface area contributed by atoms with E-state index in [1.807, 2.05) is 6.92 Å². The van der Waals surface area contributed by atoms with Crippen LogP contribution in [0.15, 0.2) is 12.1 Å². The van der Waals surface area contributed by atoms with Gasteiger partial charge in [0.2, 0.25) is 0 Å². The molecule has 0 atom stereocenters. The number of rotatable bonds is 0. The molecule has 0 aliphatic carbocycles. The Morgan fingerprint density at radius 3 is 2.25 bits per heavy atom. The van der Waals surface area contributed by atoms with Crippen molar-refractivity contribution in [3.05, 3.63) is 27.1 Å². The first-order valence-corrected chi connectivity index (χ1v) is 5.13. The summed E-state index contributed by atoms with van der Waals surface area (Å²) < 4.78 is 1.26. The Kier molecular flexibility index (Phi) is 2.76. The van der Waals surface area contributed by atoms with Gasteiger partial charge < -0.3 is 0 Å². The standard InChI is InChI=1S/C10H14IN/c1-7-5-6-8(11)9(12-7)10(2,3)4/h5-6H,1-4H3. The van der Waals surface area contributed by atoms with Gasteiger partial charge in [-0.3, -0.25) is 4.98 Å². The Bertz CT molecular complexity index is 286. The van der Waals surface area contributed by atoms with Gasteiger partial charge in [0.1, 0.15) is 0 Å². The number of aryl methyl sites for hydroxylation is 1. The van der Waals surface area contributed by atoms with Crippen LogP contribution in [0.2, 0.25) is 0 Å². The fraction of sp³-hybridized carbons (Fsp3) is 0.500. The highest BCUT2D eigenvalue weighted by molar-refractivity contribution is 14.1. The van der Waals surface area contributed by atoms with Gasteiger partial charge in [-0.1, -0.05) is 20.8 Å². The molecule has 1 aromatic rings. The second-order valence-electron chi connectivity index (χ2n) is 4.03. The van der Waals surface area contributed by atoms with Crippen molar-refractivity contribution in [3.63, 3.8) is 0 Å². The molecule has 0 bridgehead atoms. The van der Waals surface area contributed by atoms with Crippen molar-refractivity contribution < 1.29 is 0 Å². The molecule has 1 rings (SSSR count). The van der Waals surface area contributed by atoms with Gasteiger partial charge in [-0.25, -0.2) is 0 Å². The summed E-state index contributed by atoms with van der Waals surface area (Å²) in [6, 6.07) is 4.18. The summed E-state index contributed by atoms with van der Waals surface area (Å²) in [5.74, 6) is 0. The van der Waals surface area contributed by atoms with Gasteiger partial charge in [-0.2, -0.15) is 0 Å². The first-order valence-electron chi connectivity index (χ1n) is 4.05. The molecule has 0 spiro atoms. The van der Waals surface area contributed by atoms with E-state index in [0.29, 0.717) is 0 Å². The second kappa shape index (κ2) is 3.32. The molecular formula is C10H14IN. The zero-order chi connectivity index (χ0) is 9.35. The Hall–Kier alpha value is -0.120. The SMILES string of the molecule is Cc1ccc(I)c(C(C)(C)C)n1. The molecule has 0 aliphatic heterocycles. The average molecular weight is 275 g/mol. The third-order valence-corrected chi connectivity index (χ3v) is 2.57. The predicted molar refractivity (Wildman–Crippen MR) is 60.4 cm³/mol. The van der Waals surface area contributed by atoms with Crippen LogP contribution in [0.3, 0.4) is 0 Å². The van der Waals surface area contributed by atoms with Gasteiger partial charge in [-0.15, -0.1) is 0 Å². The maximum atomic E-state index is 4.54. The number of hydrogen-bond acceptors (Lipinski definition) is 1. The topological polar surface area (TPSA) is 12.9 Å². The summed E-state index contributed by atoms with van der Waals surface area (Å²) in [4.78, 5) is 4.54. The smallest absolute Gasteiger partial charge is 0.0593 e. The van der Waals surface area contributed by atoms with Crippen LogP contribution in [-0.4, -0.2) is 4.98 Å². The quantitative estimate of drug-likeness (QED) is 0.662. The Balaban J connectivity index is 3.23. The molecule has 0 N–H and O–H groups in total. The van der Waals surface area contributed by atoms with Crippen molar-refractivity contribution in [1.82, 2.24) is 4.98 Å².